The Morgan fingerprint density at radius 1 is 0.818 bits per heavy atom. The summed E-state index contributed by atoms with van der Waals surface area (Å²) in [6.07, 6.45) is 8.17. The Labute approximate surface area is 193 Å². The minimum absolute atomic E-state index is 0.168. The molecule has 33 heavy (non-hydrogen) atoms. The van der Waals surface area contributed by atoms with E-state index in [-0.39, 0.29) is 11.1 Å². The van der Waals surface area contributed by atoms with E-state index in [1.807, 2.05) is 0 Å². The van der Waals surface area contributed by atoms with Crippen LogP contribution in [0.1, 0.15) is 76.7 Å². The van der Waals surface area contributed by atoms with Crippen LogP contribution in [0.25, 0.3) is 11.1 Å². The van der Waals surface area contributed by atoms with Gasteiger partial charge in [-0.15, -0.1) is 13.2 Å². The minimum Gasteiger partial charge on any atom is -0.406 e. The van der Waals surface area contributed by atoms with Crippen LogP contribution in [0.4, 0.5) is 22.0 Å². The van der Waals surface area contributed by atoms with Crippen molar-refractivity contribution in [3.8, 4) is 16.9 Å². The average molecular weight is 469 g/mol. The first-order valence-electron chi connectivity index (χ1n) is 12.1. The Bertz CT molecular complexity index is 844. The van der Waals surface area contributed by atoms with Crippen LogP contribution in [0.2, 0.25) is 0 Å². The van der Waals surface area contributed by atoms with E-state index in [9.17, 15) is 22.0 Å². The molecule has 1 nitrogen and oxygen atoms in total. The molecular weight excluding hydrogens is 435 g/mol. The monoisotopic (exact) mass is 468 g/mol. The smallest absolute Gasteiger partial charge is 0.406 e. The van der Waals surface area contributed by atoms with Gasteiger partial charge in [-0.05, 0) is 60.1 Å². The second kappa shape index (κ2) is 11.8. The molecule has 1 aliphatic rings. The van der Waals surface area contributed by atoms with Gasteiger partial charge in [0.25, 0.3) is 0 Å². The van der Waals surface area contributed by atoms with Gasteiger partial charge in [0.1, 0.15) is 17.4 Å². The zero-order valence-corrected chi connectivity index (χ0v) is 19.2. The van der Waals surface area contributed by atoms with Crippen molar-refractivity contribution in [1.29, 1.82) is 0 Å². The van der Waals surface area contributed by atoms with Gasteiger partial charge in [0.05, 0.1) is 5.56 Å². The molecule has 182 valence electrons. The van der Waals surface area contributed by atoms with Crippen molar-refractivity contribution in [2.45, 2.75) is 83.9 Å². The Morgan fingerprint density at radius 2 is 1.36 bits per heavy atom. The van der Waals surface area contributed by atoms with Crippen LogP contribution < -0.4 is 4.74 Å². The molecule has 3 rings (SSSR count). The van der Waals surface area contributed by atoms with Gasteiger partial charge in [-0.2, -0.15) is 0 Å². The lowest BCUT2D eigenvalue weighted by Gasteiger charge is -2.28. The topological polar surface area (TPSA) is 9.23 Å². The first-order valence-corrected chi connectivity index (χ1v) is 12.1. The van der Waals surface area contributed by atoms with Crippen molar-refractivity contribution in [2.24, 2.45) is 11.8 Å². The molecule has 0 saturated heterocycles. The number of halogens is 5. The molecule has 0 spiro atoms. The normalized spacial score (nSPS) is 19.0. The zero-order chi connectivity index (χ0) is 23.8. The predicted octanol–water partition coefficient (Wildman–Crippen LogP) is 9.24. The van der Waals surface area contributed by atoms with E-state index in [1.54, 1.807) is 0 Å². The fourth-order valence-electron chi connectivity index (χ4n) is 4.96. The van der Waals surface area contributed by atoms with E-state index in [1.165, 1.54) is 75.6 Å². The Hall–Kier alpha value is -2.11. The maximum absolute atomic E-state index is 14.7. The van der Waals surface area contributed by atoms with Crippen LogP contribution in [-0.4, -0.2) is 6.36 Å². The molecule has 0 N–H and O–H groups in total. The molecule has 0 aliphatic heterocycles. The Balaban J connectivity index is 1.50. The summed E-state index contributed by atoms with van der Waals surface area (Å²) in [4.78, 5) is 0. The fraction of sp³-hybridized carbons (Fsp3) is 0.556. The van der Waals surface area contributed by atoms with Crippen LogP contribution in [-0.2, 0) is 6.42 Å². The summed E-state index contributed by atoms with van der Waals surface area (Å²) >= 11 is 0. The average Bonchev–Trinajstić information content (AvgIpc) is 2.75. The first-order chi connectivity index (χ1) is 15.7. The summed E-state index contributed by atoms with van der Waals surface area (Å²) in [7, 11) is 0. The summed E-state index contributed by atoms with van der Waals surface area (Å²) in [5, 5.41) is 0. The molecule has 1 aliphatic carbocycles. The lowest BCUT2D eigenvalue weighted by molar-refractivity contribution is -0.274. The van der Waals surface area contributed by atoms with E-state index in [0.717, 1.165) is 30.9 Å². The summed E-state index contributed by atoms with van der Waals surface area (Å²) in [6.45, 7) is 2.23. The second-order valence-corrected chi connectivity index (χ2v) is 9.28. The van der Waals surface area contributed by atoms with Crippen molar-refractivity contribution >= 4 is 0 Å². The molecule has 0 heterocycles. The van der Waals surface area contributed by atoms with Crippen molar-refractivity contribution in [3.63, 3.8) is 0 Å². The number of alkyl halides is 3. The molecule has 0 atom stereocenters. The molecular formula is C27H33F5O. The Morgan fingerprint density at radius 3 is 1.88 bits per heavy atom. The van der Waals surface area contributed by atoms with E-state index in [4.69, 9.17) is 0 Å². The lowest BCUT2D eigenvalue weighted by Crippen LogP contribution is -2.16. The highest BCUT2D eigenvalue weighted by molar-refractivity contribution is 5.66. The highest BCUT2D eigenvalue weighted by Crippen LogP contribution is 2.35. The van der Waals surface area contributed by atoms with E-state index < -0.39 is 23.7 Å². The predicted molar refractivity (Wildman–Crippen MR) is 121 cm³/mol. The molecule has 1 saturated carbocycles. The highest BCUT2D eigenvalue weighted by atomic mass is 19.4. The number of benzene rings is 2. The third kappa shape index (κ3) is 8.01. The first kappa shape index (κ1) is 25.5. The second-order valence-electron chi connectivity index (χ2n) is 9.28. The van der Waals surface area contributed by atoms with Crippen LogP contribution >= 0.6 is 0 Å². The summed E-state index contributed by atoms with van der Waals surface area (Å²) in [5.74, 6) is -0.265. The van der Waals surface area contributed by atoms with Gasteiger partial charge in [0.15, 0.2) is 0 Å². The number of ether oxygens (including phenoxy) is 1. The quantitative estimate of drug-likeness (QED) is 0.249. The van der Waals surface area contributed by atoms with Crippen molar-refractivity contribution in [1.82, 2.24) is 0 Å². The van der Waals surface area contributed by atoms with Gasteiger partial charge in [-0.1, -0.05) is 76.8 Å². The zero-order valence-electron chi connectivity index (χ0n) is 19.2. The minimum atomic E-state index is -4.81. The van der Waals surface area contributed by atoms with Gasteiger partial charge in [-0.3, -0.25) is 0 Å². The molecule has 2 aromatic carbocycles. The van der Waals surface area contributed by atoms with Gasteiger partial charge in [-0.25, -0.2) is 8.78 Å². The molecule has 0 amide bonds. The van der Waals surface area contributed by atoms with Gasteiger partial charge < -0.3 is 4.74 Å². The number of hydrogen-bond acceptors (Lipinski definition) is 1. The largest absolute Gasteiger partial charge is 0.573 e. The van der Waals surface area contributed by atoms with Crippen molar-refractivity contribution in [3.05, 3.63) is 53.6 Å². The molecule has 0 radical (unpaired) electrons. The number of aryl methyl sites for hydroxylation is 1. The lowest BCUT2D eigenvalue weighted by atomic mass is 9.78. The van der Waals surface area contributed by atoms with Crippen LogP contribution in [0, 0.1) is 23.5 Å². The number of unbranched alkanes of at least 4 members (excludes halogenated alkanes) is 2. The van der Waals surface area contributed by atoms with Gasteiger partial charge in [0.2, 0.25) is 0 Å². The highest BCUT2D eigenvalue weighted by Gasteiger charge is 2.31. The van der Waals surface area contributed by atoms with Crippen molar-refractivity contribution < 1.29 is 26.7 Å². The van der Waals surface area contributed by atoms with Crippen LogP contribution in [0.15, 0.2) is 36.4 Å². The third-order valence-electron chi connectivity index (χ3n) is 6.74. The van der Waals surface area contributed by atoms with Crippen LogP contribution in [0.5, 0.6) is 5.75 Å². The molecule has 2 aromatic rings. The van der Waals surface area contributed by atoms with E-state index >= 15 is 0 Å². The molecule has 0 aromatic heterocycles. The summed E-state index contributed by atoms with van der Waals surface area (Å²) in [6, 6.07) is 7.22. The van der Waals surface area contributed by atoms with Crippen LogP contribution in [0.3, 0.4) is 0 Å². The number of rotatable bonds is 10. The van der Waals surface area contributed by atoms with Gasteiger partial charge in [0, 0.05) is 0 Å². The molecule has 0 bridgehead atoms. The SMILES string of the molecule is CCCCCC1CCC(CCCc2cc(F)c(-c3ccc(OC(F)(F)F)cc3)c(F)c2)CC1. The molecule has 1 fully saturated rings. The Kier molecular flexibility index (Phi) is 9.16. The standard InChI is InChI=1S/C27H33F5O/c1-2-3-4-6-19-9-11-20(12-10-19)7-5-8-21-17-24(28)26(25(29)18-21)22-13-15-23(16-14-22)33-27(30,31)32/h13-20H,2-12H2,1H3. The van der Waals surface area contributed by atoms with Gasteiger partial charge >= 0.3 is 6.36 Å². The third-order valence-corrected chi connectivity index (χ3v) is 6.74. The summed E-state index contributed by atoms with van der Waals surface area (Å²) in [5.41, 5.74) is 0.541. The van der Waals surface area contributed by atoms with E-state index in [0.29, 0.717) is 17.9 Å². The molecule has 6 heteroatoms. The summed E-state index contributed by atoms with van der Waals surface area (Å²) < 4.78 is 70.0. The fourth-order valence-corrected chi connectivity index (χ4v) is 4.96. The maximum atomic E-state index is 14.7. The maximum Gasteiger partial charge on any atom is 0.573 e. The van der Waals surface area contributed by atoms with Crippen molar-refractivity contribution in [2.75, 3.05) is 0 Å². The van der Waals surface area contributed by atoms with E-state index in [2.05, 4.69) is 11.7 Å². The number of hydrogen-bond donors (Lipinski definition) is 0. The molecule has 0 unspecified atom stereocenters.